The summed E-state index contributed by atoms with van der Waals surface area (Å²) in [6, 6.07) is 0. The topological polar surface area (TPSA) is 46.3 Å². The molecule has 0 heterocycles. The zero-order chi connectivity index (χ0) is 10.6. The lowest BCUT2D eigenvalue weighted by Gasteiger charge is -2.32. The maximum absolute atomic E-state index is 12.0. The second-order valence-electron chi connectivity index (χ2n) is 4.60. The van der Waals surface area contributed by atoms with E-state index in [0.29, 0.717) is 6.54 Å². The Bertz CT molecular complexity index is 193. The molecule has 0 aliphatic heterocycles. The Labute approximate surface area is 86.6 Å². The van der Waals surface area contributed by atoms with Crippen molar-refractivity contribution in [3.63, 3.8) is 0 Å². The Balaban J connectivity index is 2.76. The standard InChI is InChI=1S/C11H22N2O/c1-13(2)10(14)11(9-12)7-5-3-4-6-8-11/h3-9,12H2,1-2H3. The molecule has 0 aromatic heterocycles. The van der Waals surface area contributed by atoms with Crippen molar-refractivity contribution in [3.8, 4) is 0 Å². The summed E-state index contributed by atoms with van der Waals surface area (Å²) in [4.78, 5) is 13.7. The SMILES string of the molecule is CN(C)C(=O)C1(CN)CCCCCC1. The van der Waals surface area contributed by atoms with Crippen molar-refractivity contribution in [1.82, 2.24) is 4.90 Å². The van der Waals surface area contributed by atoms with Gasteiger partial charge in [-0.25, -0.2) is 0 Å². The molecule has 3 nitrogen and oxygen atoms in total. The molecule has 0 unspecified atom stereocenters. The first-order valence-corrected chi connectivity index (χ1v) is 5.54. The van der Waals surface area contributed by atoms with Crippen molar-refractivity contribution < 1.29 is 4.79 Å². The third-order valence-corrected chi connectivity index (χ3v) is 3.31. The summed E-state index contributed by atoms with van der Waals surface area (Å²) in [5.74, 6) is 0.224. The first-order chi connectivity index (χ1) is 6.62. The van der Waals surface area contributed by atoms with Crippen molar-refractivity contribution in [2.45, 2.75) is 38.5 Å². The van der Waals surface area contributed by atoms with Crippen LogP contribution in [-0.4, -0.2) is 31.4 Å². The molecule has 1 aliphatic rings. The molecule has 1 aliphatic carbocycles. The zero-order valence-electron chi connectivity index (χ0n) is 9.38. The van der Waals surface area contributed by atoms with Crippen molar-refractivity contribution in [3.05, 3.63) is 0 Å². The summed E-state index contributed by atoms with van der Waals surface area (Å²) in [7, 11) is 3.65. The molecule has 1 saturated carbocycles. The number of carbonyl (C=O) groups is 1. The Hall–Kier alpha value is -0.570. The van der Waals surface area contributed by atoms with Gasteiger partial charge in [-0.05, 0) is 12.8 Å². The van der Waals surface area contributed by atoms with E-state index in [0.717, 1.165) is 25.7 Å². The Morgan fingerprint density at radius 1 is 1.21 bits per heavy atom. The van der Waals surface area contributed by atoms with Crippen LogP contribution in [0.15, 0.2) is 0 Å². The molecular formula is C11H22N2O. The van der Waals surface area contributed by atoms with E-state index in [-0.39, 0.29) is 11.3 Å². The lowest BCUT2D eigenvalue weighted by Crippen LogP contribution is -2.45. The first-order valence-electron chi connectivity index (χ1n) is 5.54. The van der Waals surface area contributed by atoms with Gasteiger partial charge in [-0.2, -0.15) is 0 Å². The van der Waals surface area contributed by atoms with Gasteiger partial charge in [0.2, 0.25) is 5.91 Å². The third kappa shape index (κ3) is 2.27. The molecule has 0 spiro atoms. The molecular weight excluding hydrogens is 176 g/mol. The van der Waals surface area contributed by atoms with E-state index in [4.69, 9.17) is 5.73 Å². The van der Waals surface area contributed by atoms with Crippen LogP contribution < -0.4 is 5.73 Å². The second kappa shape index (κ2) is 4.78. The van der Waals surface area contributed by atoms with Gasteiger partial charge >= 0.3 is 0 Å². The van der Waals surface area contributed by atoms with Gasteiger partial charge in [-0.1, -0.05) is 25.7 Å². The molecule has 0 atom stereocenters. The number of hydrogen-bond donors (Lipinski definition) is 1. The maximum Gasteiger partial charge on any atom is 0.229 e. The fourth-order valence-corrected chi connectivity index (χ4v) is 2.38. The second-order valence-corrected chi connectivity index (χ2v) is 4.60. The van der Waals surface area contributed by atoms with E-state index < -0.39 is 0 Å². The van der Waals surface area contributed by atoms with Crippen LogP contribution in [-0.2, 0) is 4.79 Å². The van der Waals surface area contributed by atoms with Gasteiger partial charge in [0.25, 0.3) is 0 Å². The highest BCUT2D eigenvalue weighted by molar-refractivity contribution is 5.82. The van der Waals surface area contributed by atoms with Crippen LogP contribution in [0.4, 0.5) is 0 Å². The molecule has 1 amide bonds. The van der Waals surface area contributed by atoms with Crippen LogP contribution in [0, 0.1) is 5.41 Å². The average Bonchev–Trinajstić information content (AvgIpc) is 2.42. The van der Waals surface area contributed by atoms with E-state index in [1.54, 1.807) is 4.90 Å². The normalized spacial score (nSPS) is 21.4. The quantitative estimate of drug-likeness (QED) is 0.681. The number of carbonyl (C=O) groups excluding carboxylic acids is 1. The molecule has 0 bridgehead atoms. The maximum atomic E-state index is 12.0. The highest BCUT2D eigenvalue weighted by Crippen LogP contribution is 2.35. The number of nitrogens with two attached hydrogens (primary N) is 1. The largest absolute Gasteiger partial charge is 0.348 e. The van der Waals surface area contributed by atoms with E-state index in [1.807, 2.05) is 14.1 Å². The van der Waals surface area contributed by atoms with Crippen LogP contribution in [0.3, 0.4) is 0 Å². The summed E-state index contributed by atoms with van der Waals surface area (Å²) < 4.78 is 0. The van der Waals surface area contributed by atoms with Crippen LogP contribution in [0.5, 0.6) is 0 Å². The predicted octanol–water partition coefficient (Wildman–Crippen LogP) is 1.37. The van der Waals surface area contributed by atoms with E-state index in [1.165, 1.54) is 12.8 Å². The molecule has 0 aromatic carbocycles. The molecule has 0 aromatic rings. The molecule has 2 N–H and O–H groups in total. The fourth-order valence-electron chi connectivity index (χ4n) is 2.38. The summed E-state index contributed by atoms with van der Waals surface area (Å²) in [5, 5.41) is 0. The minimum Gasteiger partial charge on any atom is -0.348 e. The van der Waals surface area contributed by atoms with Gasteiger partial charge in [0.15, 0.2) is 0 Å². The van der Waals surface area contributed by atoms with Crippen molar-refractivity contribution in [2.75, 3.05) is 20.6 Å². The minimum absolute atomic E-state index is 0.224. The number of rotatable bonds is 2. The Morgan fingerprint density at radius 2 is 1.71 bits per heavy atom. The Kier molecular flexibility index (Phi) is 3.93. The summed E-state index contributed by atoms with van der Waals surface area (Å²) in [6.07, 6.45) is 6.75. The highest BCUT2D eigenvalue weighted by Gasteiger charge is 2.37. The van der Waals surface area contributed by atoms with Gasteiger partial charge < -0.3 is 10.6 Å². The number of hydrogen-bond acceptors (Lipinski definition) is 2. The van der Waals surface area contributed by atoms with Gasteiger partial charge in [0, 0.05) is 20.6 Å². The van der Waals surface area contributed by atoms with E-state index in [2.05, 4.69) is 0 Å². The van der Waals surface area contributed by atoms with Crippen molar-refractivity contribution in [1.29, 1.82) is 0 Å². The lowest BCUT2D eigenvalue weighted by molar-refractivity contribution is -0.139. The van der Waals surface area contributed by atoms with E-state index >= 15 is 0 Å². The zero-order valence-corrected chi connectivity index (χ0v) is 9.38. The van der Waals surface area contributed by atoms with Crippen LogP contribution >= 0.6 is 0 Å². The van der Waals surface area contributed by atoms with Crippen LogP contribution in [0.1, 0.15) is 38.5 Å². The molecule has 1 fully saturated rings. The van der Waals surface area contributed by atoms with Gasteiger partial charge in [-0.15, -0.1) is 0 Å². The van der Waals surface area contributed by atoms with E-state index in [9.17, 15) is 4.79 Å². The predicted molar refractivity (Wildman–Crippen MR) is 57.9 cm³/mol. The first kappa shape index (κ1) is 11.5. The van der Waals surface area contributed by atoms with Crippen molar-refractivity contribution >= 4 is 5.91 Å². The van der Waals surface area contributed by atoms with Crippen molar-refractivity contribution in [2.24, 2.45) is 11.1 Å². The van der Waals surface area contributed by atoms with Gasteiger partial charge in [0.05, 0.1) is 5.41 Å². The monoisotopic (exact) mass is 198 g/mol. The number of amides is 1. The summed E-state index contributed by atoms with van der Waals surface area (Å²) in [5.41, 5.74) is 5.55. The Morgan fingerprint density at radius 3 is 2.07 bits per heavy atom. The van der Waals surface area contributed by atoms with Gasteiger partial charge in [0.1, 0.15) is 0 Å². The number of nitrogens with zero attached hydrogens (tertiary/aromatic N) is 1. The average molecular weight is 198 g/mol. The molecule has 0 radical (unpaired) electrons. The molecule has 1 rings (SSSR count). The van der Waals surface area contributed by atoms with Gasteiger partial charge in [-0.3, -0.25) is 4.79 Å². The third-order valence-electron chi connectivity index (χ3n) is 3.31. The summed E-state index contributed by atoms with van der Waals surface area (Å²) in [6.45, 7) is 0.504. The molecule has 3 heteroatoms. The summed E-state index contributed by atoms with van der Waals surface area (Å²) >= 11 is 0. The minimum atomic E-state index is -0.250. The molecule has 14 heavy (non-hydrogen) atoms. The molecule has 0 saturated heterocycles. The smallest absolute Gasteiger partial charge is 0.229 e. The van der Waals surface area contributed by atoms with Crippen LogP contribution in [0.2, 0.25) is 0 Å². The molecule has 82 valence electrons. The van der Waals surface area contributed by atoms with Crippen LogP contribution in [0.25, 0.3) is 0 Å². The fraction of sp³-hybridized carbons (Fsp3) is 0.909. The highest BCUT2D eigenvalue weighted by atomic mass is 16.2. The lowest BCUT2D eigenvalue weighted by atomic mass is 9.79.